The molecular formula is C23H27N3O3. The van der Waals surface area contributed by atoms with E-state index in [0.29, 0.717) is 26.2 Å². The van der Waals surface area contributed by atoms with E-state index in [-0.39, 0.29) is 0 Å². The first-order chi connectivity index (χ1) is 14.0. The summed E-state index contributed by atoms with van der Waals surface area (Å²) in [4.78, 5) is 2.19. The van der Waals surface area contributed by atoms with Crippen molar-refractivity contribution in [2.45, 2.75) is 46.5 Å². The van der Waals surface area contributed by atoms with Crippen molar-refractivity contribution in [3.05, 3.63) is 77.2 Å². The van der Waals surface area contributed by atoms with Crippen molar-refractivity contribution in [1.82, 2.24) is 14.7 Å². The quantitative estimate of drug-likeness (QED) is 0.486. The first-order valence-corrected chi connectivity index (χ1v) is 9.90. The summed E-state index contributed by atoms with van der Waals surface area (Å²) >= 11 is 0. The lowest BCUT2D eigenvalue weighted by molar-refractivity contribution is 0.0838. The van der Waals surface area contributed by atoms with E-state index in [2.05, 4.69) is 16.1 Å². The highest BCUT2D eigenvalue weighted by molar-refractivity contribution is 5.82. The Morgan fingerprint density at radius 2 is 1.93 bits per heavy atom. The zero-order valence-electron chi connectivity index (χ0n) is 17.1. The van der Waals surface area contributed by atoms with Gasteiger partial charge in [-0.15, -0.1) is 0 Å². The largest absolute Gasteiger partial charge is 0.468 e. The monoisotopic (exact) mass is 393 g/mol. The van der Waals surface area contributed by atoms with E-state index < -0.39 is 6.10 Å². The summed E-state index contributed by atoms with van der Waals surface area (Å²) in [6.45, 7) is 8.20. The topological polar surface area (TPSA) is 67.6 Å². The second-order valence-corrected chi connectivity index (χ2v) is 7.64. The number of benzene rings is 1. The van der Waals surface area contributed by atoms with Crippen LogP contribution in [0.15, 0.2) is 57.6 Å². The molecule has 6 heteroatoms. The third-order valence-electron chi connectivity index (χ3n) is 5.20. The van der Waals surface area contributed by atoms with Crippen LogP contribution < -0.4 is 0 Å². The Morgan fingerprint density at radius 1 is 1.10 bits per heavy atom. The SMILES string of the molecule is Cc1cc(C)n(C[C@@H](O)CN(Cc2ccco2)Cc2c(C)oc3ccccc23)n1. The van der Waals surface area contributed by atoms with E-state index >= 15 is 0 Å². The summed E-state index contributed by atoms with van der Waals surface area (Å²) in [5.41, 5.74) is 4.05. The minimum absolute atomic E-state index is 0.458. The summed E-state index contributed by atoms with van der Waals surface area (Å²) in [5.74, 6) is 1.78. The van der Waals surface area contributed by atoms with Crippen molar-refractivity contribution in [1.29, 1.82) is 0 Å². The predicted molar refractivity (Wildman–Crippen MR) is 111 cm³/mol. The fourth-order valence-corrected chi connectivity index (χ4v) is 3.86. The minimum atomic E-state index is -0.554. The minimum Gasteiger partial charge on any atom is -0.468 e. The van der Waals surface area contributed by atoms with Crippen LogP contribution in [-0.2, 0) is 19.6 Å². The van der Waals surface area contributed by atoms with E-state index in [9.17, 15) is 5.11 Å². The highest BCUT2D eigenvalue weighted by atomic mass is 16.3. The second-order valence-electron chi connectivity index (χ2n) is 7.64. The van der Waals surface area contributed by atoms with Gasteiger partial charge >= 0.3 is 0 Å². The van der Waals surface area contributed by atoms with Crippen molar-refractivity contribution in [3.8, 4) is 0 Å². The highest BCUT2D eigenvalue weighted by Crippen LogP contribution is 2.27. The highest BCUT2D eigenvalue weighted by Gasteiger charge is 2.19. The Kier molecular flexibility index (Phi) is 5.56. The van der Waals surface area contributed by atoms with Crippen molar-refractivity contribution in [2.75, 3.05) is 6.54 Å². The molecule has 0 saturated carbocycles. The lowest BCUT2D eigenvalue weighted by Gasteiger charge is -2.24. The zero-order chi connectivity index (χ0) is 20.4. The van der Waals surface area contributed by atoms with E-state index in [1.165, 1.54) is 0 Å². The van der Waals surface area contributed by atoms with Gasteiger partial charge in [-0.05, 0) is 45.0 Å². The summed E-state index contributed by atoms with van der Waals surface area (Å²) in [6.07, 6.45) is 1.12. The number of aliphatic hydroxyl groups is 1. The molecule has 0 aliphatic carbocycles. The fourth-order valence-electron chi connectivity index (χ4n) is 3.86. The third-order valence-corrected chi connectivity index (χ3v) is 5.20. The predicted octanol–water partition coefficient (Wildman–Crippen LogP) is 4.21. The van der Waals surface area contributed by atoms with E-state index in [4.69, 9.17) is 8.83 Å². The molecule has 0 amide bonds. The Hall–Kier alpha value is -2.83. The van der Waals surface area contributed by atoms with Crippen LogP contribution in [0.3, 0.4) is 0 Å². The molecule has 6 nitrogen and oxygen atoms in total. The molecule has 152 valence electrons. The molecule has 0 aliphatic heterocycles. The number of hydrogen-bond acceptors (Lipinski definition) is 5. The standard InChI is InChI=1S/C23H27N3O3/c1-16-11-17(2)26(24-16)13-19(27)12-25(14-20-7-6-10-28-20)15-22-18(3)29-23-9-5-4-8-21(22)23/h4-11,19,27H,12-15H2,1-3H3/t19-/m0/s1. The molecule has 3 heterocycles. The summed E-state index contributed by atoms with van der Waals surface area (Å²) in [6, 6.07) is 13.9. The Labute approximate surface area is 170 Å². The molecule has 4 rings (SSSR count). The van der Waals surface area contributed by atoms with Gasteiger partial charge < -0.3 is 13.9 Å². The van der Waals surface area contributed by atoms with Crippen LogP contribution in [0.2, 0.25) is 0 Å². The van der Waals surface area contributed by atoms with Gasteiger partial charge in [0.1, 0.15) is 17.1 Å². The Bertz CT molecular complexity index is 1080. The molecule has 4 aromatic rings. The number of aryl methyl sites for hydroxylation is 3. The smallest absolute Gasteiger partial charge is 0.134 e. The Balaban J connectivity index is 1.54. The van der Waals surface area contributed by atoms with Gasteiger partial charge in [0, 0.05) is 29.7 Å². The van der Waals surface area contributed by atoms with Gasteiger partial charge in [0.05, 0.1) is 31.2 Å². The molecule has 0 aliphatic rings. The number of hydrogen-bond donors (Lipinski definition) is 1. The molecule has 1 atom stereocenters. The summed E-state index contributed by atoms with van der Waals surface area (Å²) < 4.78 is 13.4. The lowest BCUT2D eigenvalue weighted by Crippen LogP contribution is -2.34. The maximum Gasteiger partial charge on any atom is 0.134 e. The number of para-hydroxylation sites is 1. The van der Waals surface area contributed by atoms with Crippen molar-refractivity contribution in [3.63, 3.8) is 0 Å². The normalized spacial score (nSPS) is 12.9. The molecule has 1 aromatic carbocycles. The van der Waals surface area contributed by atoms with Crippen molar-refractivity contribution in [2.24, 2.45) is 0 Å². The number of furan rings is 2. The van der Waals surface area contributed by atoms with Crippen molar-refractivity contribution >= 4 is 11.0 Å². The van der Waals surface area contributed by atoms with Gasteiger partial charge in [0.15, 0.2) is 0 Å². The molecule has 0 saturated heterocycles. The fraction of sp³-hybridized carbons (Fsp3) is 0.348. The average molecular weight is 393 g/mol. The lowest BCUT2D eigenvalue weighted by atomic mass is 10.1. The van der Waals surface area contributed by atoms with Gasteiger partial charge in [0.25, 0.3) is 0 Å². The van der Waals surface area contributed by atoms with Gasteiger partial charge in [-0.1, -0.05) is 18.2 Å². The second kappa shape index (κ2) is 8.27. The zero-order valence-corrected chi connectivity index (χ0v) is 17.1. The van der Waals surface area contributed by atoms with Crippen LogP contribution in [-0.4, -0.2) is 32.4 Å². The molecule has 0 unspecified atom stereocenters. The van der Waals surface area contributed by atoms with Crippen LogP contribution in [0.25, 0.3) is 11.0 Å². The van der Waals surface area contributed by atoms with Crippen LogP contribution in [0.1, 0.15) is 28.5 Å². The average Bonchev–Trinajstić information content (AvgIpc) is 3.36. The molecular weight excluding hydrogens is 366 g/mol. The van der Waals surface area contributed by atoms with Crippen LogP contribution in [0.5, 0.6) is 0 Å². The van der Waals surface area contributed by atoms with Crippen LogP contribution in [0, 0.1) is 20.8 Å². The maximum atomic E-state index is 10.8. The first kappa shape index (κ1) is 19.5. The molecule has 0 bridgehead atoms. The van der Waals surface area contributed by atoms with Crippen LogP contribution in [0.4, 0.5) is 0 Å². The number of aliphatic hydroxyl groups excluding tert-OH is 1. The van der Waals surface area contributed by atoms with Gasteiger partial charge in [-0.2, -0.15) is 5.10 Å². The van der Waals surface area contributed by atoms with Gasteiger partial charge in [0.2, 0.25) is 0 Å². The number of nitrogens with zero attached hydrogens (tertiary/aromatic N) is 3. The van der Waals surface area contributed by atoms with Gasteiger partial charge in [-0.3, -0.25) is 9.58 Å². The van der Waals surface area contributed by atoms with E-state index in [0.717, 1.165) is 39.4 Å². The summed E-state index contributed by atoms with van der Waals surface area (Å²) in [5, 5.41) is 16.4. The number of rotatable bonds is 8. The number of aromatic nitrogens is 2. The number of fused-ring (bicyclic) bond motifs is 1. The maximum absolute atomic E-state index is 10.8. The molecule has 1 N–H and O–H groups in total. The molecule has 0 fully saturated rings. The Morgan fingerprint density at radius 3 is 2.66 bits per heavy atom. The van der Waals surface area contributed by atoms with Crippen molar-refractivity contribution < 1.29 is 13.9 Å². The van der Waals surface area contributed by atoms with E-state index in [1.54, 1.807) is 6.26 Å². The van der Waals surface area contributed by atoms with Crippen LogP contribution >= 0.6 is 0 Å². The summed E-state index contributed by atoms with van der Waals surface area (Å²) in [7, 11) is 0. The third kappa shape index (κ3) is 4.44. The molecule has 3 aromatic heterocycles. The first-order valence-electron chi connectivity index (χ1n) is 9.90. The molecule has 0 spiro atoms. The van der Waals surface area contributed by atoms with Gasteiger partial charge in [-0.25, -0.2) is 0 Å². The molecule has 0 radical (unpaired) electrons. The van der Waals surface area contributed by atoms with E-state index in [1.807, 2.05) is 61.9 Å². The molecule has 29 heavy (non-hydrogen) atoms.